The van der Waals surface area contributed by atoms with Crippen molar-refractivity contribution in [3.05, 3.63) is 29.3 Å². The average Bonchev–Trinajstić information content (AvgIpc) is 2.32. The summed E-state index contributed by atoms with van der Waals surface area (Å²) in [5, 5.41) is 9.42. The van der Waals surface area contributed by atoms with Gasteiger partial charge in [0, 0.05) is 5.69 Å². The number of rotatable bonds is 3. The van der Waals surface area contributed by atoms with E-state index in [1.807, 2.05) is 0 Å². The number of ether oxygens (including phenoxy) is 1. The lowest BCUT2D eigenvalue weighted by molar-refractivity contribution is -0.122. The van der Waals surface area contributed by atoms with Crippen molar-refractivity contribution in [2.24, 2.45) is 0 Å². The molecule has 6 nitrogen and oxygen atoms in total. The smallest absolute Gasteiger partial charge is 0.337 e. The van der Waals surface area contributed by atoms with Crippen LogP contribution in [0.4, 0.5) is 5.69 Å². The third kappa shape index (κ3) is 4.78. The van der Waals surface area contributed by atoms with Crippen molar-refractivity contribution < 1.29 is 24.2 Å². The number of esters is 1. The Morgan fingerprint density at radius 1 is 1.41 bits per heavy atom. The van der Waals surface area contributed by atoms with Gasteiger partial charge in [-0.05, 0) is 30.7 Å². The molecule has 1 aromatic carbocycles. The molecule has 0 aliphatic rings. The van der Waals surface area contributed by atoms with E-state index < -0.39 is 0 Å². The van der Waals surface area contributed by atoms with E-state index in [9.17, 15) is 9.59 Å². The van der Waals surface area contributed by atoms with E-state index in [0.717, 1.165) is 5.56 Å². The van der Waals surface area contributed by atoms with Gasteiger partial charge in [-0.3, -0.25) is 9.59 Å². The fourth-order valence-electron chi connectivity index (χ4n) is 1.13. The van der Waals surface area contributed by atoms with Crippen molar-refractivity contribution in [1.29, 1.82) is 0 Å². The van der Waals surface area contributed by atoms with Crippen molar-refractivity contribution >= 4 is 24.5 Å². The molecular weight excluding hydrogens is 226 g/mol. The summed E-state index contributed by atoms with van der Waals surface area (Å²) in [5.41, 5.74) is 1.98. The number of carbonyl (C=O) groups excluding carboxylic acids is 2. The zero-order valence-corrected chi connectivity index (χ0v) is 9.47. The minimum atomic E-state index is -0.384. The van der Waals surface area contributed by atoms with Crippen LogP contribution in [0.25, 0.3) is 0 Å². The Morgan fingerprint density at radius 3 is 2.41 bits per heavy atom. The minimum absolute atomic E-state index is 0.250. The third-order valence-corrected chi connectivity index (χ3v) is 1.86. The lowest BCUT2D eigenvalue weighted by Gasteiger charge is -2.05. The molecule has 0 bridgehead atoms. The summed E-state index contributed by atoms with van der Waals surface area (Å²) in [6.07, 6.45) is 0.597. The van der Waals surface area contributed by atoms with Crippen LogP contribution in [-0.4, -0.2) is 31.1 Å². The van der Waals surface area contributed by atoms with Gasteiger partial charge in [0.2, 0.25) is 6.41 Å². The van der Waals surface area contributed by atoms with Crippen LogP contribution >= 0.6 is 0 Å². The highest BCUT2D eigenvalue weighted by molar-refractivity contribution is 5.90. The summed E-state index contributed by atoms with van der Waals surface area (Å²) in [6, 6.07) is 4.93. The number of anilines is 1. The van der Waals surface area contributed by atoms with Crippen LogP contribution in [0.5, 0.6) is 0 Å². The largest absolute Gasteiger partial charge is 0.483 e. The summed E-state index contributed by atoms with van der Waals surface area (Å²) in [7, 11) is 1.33. The molecule has 0 aliphatic carbocycles. The van der Waals surface area contributed by atoms with Gasteiger partial charge >= 0.3 is 5.97 Å². The Hall–Kier alpha value is -2.37. The zero-order chi connectivity index (χ0) is 13.3. The first-order chi connectivity index (χ1) is 8.10. The number of methoxy groups -OCH3 is 1. The van der Waals surface area contributed by atoms with Crippen molar-refractivity contribution in [3.63, 3.8) is 0 Å². The Morgan fingerprint density at radius 2 is 2.00 bits per heavy atom. The molecule has 1 aromatic rings. The fraction of sp³-hybridized carbons (Fsp3) is 0.182. The van der Waals surface area contributed by atoms with Crippen LogP contribution in [-0.2, 0) is 14.3 Å². The Bertz CT molecular complexity index is 403. The highest BCUT2D eigenvalue weighted by Crippen LogP contribution is 2.16. The van der Waals surface area contributed by atoms with Gasteiger partial charge in [0.1, 0.15) is 0 Å². The van der Waals surface area contributed by atoms with E-state index in [2.05, 4.69) is 10.1 Å². The van der Waals surface area contributed by atoms with Crippen molar-refractivity contribution in [2.45, 2.75) is 6.92 Å². The molecule has 0 aliphatic heterocycles. The van der Waals surface area contributed by atoms with Crippen LogP contribution < -0.4 is 5.32 Å². The molecule has 0 saturated carbocycles. The van der Waals surface area contributed by atoms with E-state index in [1.54, 1.807) is 25.1 Å². The maximum Gasteiger partial charge on any atom is 0.337 e. The Kier molecular flexibility index (Phi) is 6.77. The van der Waals surface area contributed by atoms with Gasteiger partial charge < -0.3 is 15.2 Å². The molecule has 0 saturated heterocycles. The topological polar surface area (TPSA) is 92.7 Å². The third-order valence-electron chi connectivity index (χ3n) is 1.86. The molecule has 0 heterocycles. The molecule has 0 radical (unpaired) electrons. The second-order valence-corrected chi connectivity index (χ2v) is 2.89. The maximum absolute atomic E-state index is 11.1. The van der Waals surface area contributed by atoms with E-state index in [1.165, 1.54) is 7.11 Å². The standard InChI is InChI=1S/C10H11NO3.CH2O2/c1-7-5-8(10(13)14-2)3-4-9(7)11-6-12;2-1-3/h3-6H,1-2H3,(H,11,12);1H,(H,2,3). The number of nitrogens with one attached hydrogen (secondary N) is 1. The number of carboxylic acid groups (broad SMARTS) is 1. The summed E-state index contributed by atoms with van der Waals surface area (Å²) in [4.78, 5) is 29.7. The van der Waals surface area contributed by atoms with Gasteiger partial charge in [-0.25, -0.2) is 4.79 Å². The normalized spacial score (nSPS) is 8.35. The molecule has 1 rings (SSSR count). The molecule has 0 fully saturated rings. The summed E-state index contributed by atoms with van der Waals surface area (Å²) < 4.78 is 4.56. The first kappa shape index (κ1) is 14.6. The molecule has 0 spiro atoms. The van der Waals surface area contributed by atoms with Crippen LogP contribution in [0, 0.1) is 6.92 Å². The van der Waals surface area contributed by atoms with Gasteiger partial charge in [0.05, 0.1) is 12.7 Å². The molecule has 2 N–H and O–H groups in total. The van der Waals surface area contributed by atoms with Crippen LogP contribution in [0.2, 0.25) is 0 Å². The zero-order valence-electron chi connectivity index (χ0n) is 9.47. The highest BCUT2D eigenvalue weighted by Gasteiger charge is 2.06. The second-order valence-electron chi connectivity index (χ2n) is 2.89. The predicted octanol–water partition coefficient (Wildman–Crippen LogP) is 1.05. The number of aryl methyl sites for hydroxylation is 1. The SMILES string of the molecule is COC(=O)c1ccc(NC=O)c(C)c1.O=CO. The summed E-state index contributed by atoms with van der Waals surface area (Å²) >= 11 is 0. The van der Waals surface area contributed by atoms with Crippen molar-refractivity contribution in [2.75, 3.05) is 12.4 Å². The summed E-state index contributed by atoms with van der Waals surface area (Å²) in [5.74, 6) is -0.384. The maximum atomic E-state index is 11.1. The number of amides is 1. The van der Waals surface area contributed by atoms with E-state index >= 15 is 0 Å². The van der Waals surface area contributed by atoms with Crippen LogP contribution in [0.3, 0.4) is 0 Å². The predicted molar refractivity (Wildman–Crippen MR) is 60.9 cm³/mol. The number of carbonyl (C=O) groups is 3. The number of hydrogen-bond acceptors (Lipinski definition) is 4. The van der Waals surface area contributed by atoms with E-state index in [4.69, 9.17) is 9.90 Å². The van der Waals surface area contributed by atoms with E-state index in [-0.39, 0.29) is 12.4 Å². The van der Waals surface area contributed by atoms with Gasteiger partial charge in [0.15, 0.2) is 0 Å². The van der Waals surface area contributed by atoms with Crippen molar-refractivity contribution in [1.82, 2.24) is 0 Å². The fourth-order valence-corrected chi connectivity index (χ4v) is 1.13. The van der Waals surface area contributed by atoms with Gasteiger partial charge in [-0.15, -0.1) is 0 Å². The quantitative estimate of drug-likeness (QED) is 0.607. The molecule has 17 heavy (non-hydrogen) atoms. The number of hydrogen-bond donors (Lipinski definition) is 2. The van der Waals surface area contributed by atoms with Crippen LogP contribution in [0.1, 0.15) is 15.9 Å². The lowest BCUT2D eigenvalue weighted by Crippen LogP contribution is -2.03. The molecule has 92 valence electrons. The molecule has 0 unspecified atom stereocenters. The Balaban J connectivity index is 0.000000770. The van der Waals surface area contributed by atoms with E-state index in [0.29, 0.717) is 17.7 Å². The van der Waals surface area contributed by atoms with Crippen molar-refractivity contribution in [3.8, 4) is 0 Å². The molecule has 0 aromatic heterocycles. The average molecular weight is 239 g/mol. The Labute approximate surface area is 98.2 Å². The molecule has 6 heteroatoms. The summed E-state index contributed by atoms with van der Waals surface area (Å²) in [6.45, 7) is 1.55. The minimum Gasteiger partial charge on any atom is -0.483 e. The monoisotopic (exact) mass is 239 g/mol. The van der Waals surface area contributed by atoms with Gasteiger partial charge in [-0.1, -0.05) is 0 Å². The van der Waals surface area contributed by atoms with Crippen LogP contribution in [0.15, 0.2) is 18.2 Å². The first-order valence-electron chi connectivity index (χ1n) is 4.57. The number of benzene rings is 1. The van der Waals surface area contributed by atoms with Gasteiger partial charge in [0.25, 0.3) is 6.47 Å². The first-order valence-corrected chi connectivity index (χ1v) is 4.57. The second kappa shape index (κ2) is 7.86. The molecule has 0 atom stereocenters. The highest BCUT2D eigenvalue weighted by atomic mass is 16.5. The molecular formula is C11H13NO5. The molecule has 1 amide bonds. The van der Waals surface area contributed by atoms with Gasteiger partial charge in [-0.2, -0.15) is 0 Å². The lowest BCUT2D eigenvalue weighted by atomic mass is 10.1.